The van der Waals surface area contributed by atoms with Gasteiger partial charge in [0.15, 0.2) is 0 Å². The average Bonchev–Trinajstić information content (AvgIpc) is 2.85. The first-order valence-electron chi connectivity index (χ1n) is 13.5. The predicted molar refractivity (Wildman–Crippen MR) is 143 cm³/mol. The molecule has 9 heteroatoms. The topological polar surface area (TPSA) is 173 Å². The van der Waals surface area contributed by atoms with Gasteiger partial charge < -0.3 is 30.6 Å². The number of aliphatic hydroxyl groups excluding tert-OH is 3. The summed E-state index contributed by atoms with van der Waals surface area (Å²) < 4.78 is 0. The van der Waals surface area contributed by atoms with Gasteiger partial charge in [-0.05, 0) is 38.5 Å². The van der Waals surface area contributed by atoms with Gasteiger partial charge in [-0.25, -0.2) is 0 Å². The standard InChI is InChI=1S/3C8H16O2.C3H8O3/c3*1-3-5-6-7(4-2)8(9)10;4-1-3(6)2-5/h3*7H,3-6H2,1-2H3,(H,9,10);3-6H,1-2H2. The third kappa shape index (κ3) is 30.3. The molecule has 0 bridgehead atoms. The molecule has 0 heterocycles. The number of hydrogen-bond acceptors (Lipinski definition) is 6. The van der Waals surface area contributed by atoms with E-state index in [1.165, 1.54) is 0 Å². The number of hydrogen-bond donors (Lipinski definition) is 6. The van der Waals surface area contributed by atoms with Crippen molar-refractivity contribution >= 4 is 17.9 Å². The zero-order valence-corrected chi connectivity index (χ0v) is 23.6. The number of unbranched alkanes of at least 4 members (excludes halogenated alkanes) is 3. The summed E-state index contributed by atoms with van der Waals surface area (Å²) in [6, 6.07) is 0. The van der Waals surface area contributed by atoms with Crippen LogP contribution in [-0.2, 0) is 14.4 Å². The van der Waals surface area contributed by atoms with Gasteiger partial charge in [-0.1, -0.05) is 80.1 Å². The fourth-order valence-corrected chi connectivity index (χ4v) is 2.92. The van der Waals surface area contributed by atoms with E-state index in [1.54, 1.807) is 0 Å². The molecule has 0 spiro atoms. The van der Waals surface area contributed by atoms with Crippen molar-refractivity contribution < 1.29 is 45.0 Å². The first-order chi connectivity index (χ1) is 17.0. The highest BCUT2D eigenvalue weighted by Crippen LogP contribution is 2.13. The summed E-state index contributed by atoms with van der Waals surface area (Å²) in [5, 5.41) is 49.8. The SMILES string of the molecule is CCCCC(CC)C(=O)O.CCCCC(CC)C(=O)O.CCCCC(CC)C(=O)O.OCC(O)CO. The van der Waals surface area contributed by atoms with Crippen LogP contribution < -0.4 is 0 Å². The highest BCUT2D eigenvalue weighted by molar-refractivity contribution is 5.70. The molecule has 0 aromatic rings. The number of rotatable bonds is 17. The van der Waals surface area contributed by atoms with E-state index in [4.69, 9.17) is 30.6 Å². The van der Waals surface area contributed by atoms with Crippen LogP contribution in [0.15, 0.2) is 0 Å². The number of aliphatic carboxylic acids is 3. The lowest BCUT2D eigenvalue weighted by Gasteiger charge is -2.06. The zero-order chi connectivity index (χ0) is 28.9. The Hall–Kier alpha value is -1.71. The fourth-order valence-electron chi connectivity index (χ4n) is 2.92. The maximum Gasteiger partial charge on any atom is 0.306 e. The third-order valence-corrected chi connectivity index (χ3v) is 5.67. The van der Waals surface area contributed by atoms with Gasteiger partial charge in [-0.3, -0.25) is 14.4 Å². The minimum Gasteiger partial charge on any atom is -0.481 e. The monoisotopic (exact) mass is 524 g/mol. The van der Waals surface area contributed by atoms with Crippen molar-refractivity contribution in [3.8, 4) is 0 Å². The fraction of sp³-hybridized carbons (Fsp3) is 0.889. The van der Waals surface area contributed by atoms with Gasteiger partial charge in [0.25, 0.3) is 0 Å². The van der Waals surface area contributed by atoms with Crippen LogP contribution in [0.4, 0.5) is 0 Å². The van der Waals surface area contributed by atoms with Crippen LogP contribution in [0.2, 0.25) is 0 Å². The van der Waals surface area contributed by atoms with Gasteiger partial charge in [0.2, 0.25) is 0 Å². The van der Waals surface area contributed by atoms with E-state index >= 15 is 0 Å². The van der Waals surface area contributed by atoms with Gasteiger partial charge in [0.05, 0.1) is 31.0 Å². The van der Waals surface area contributed by atoms with Gasteiger partial charge in [0, 0.05) is 0 Å². The second-order valence-corrected chi connectivity index (χ2v) is 8.78. The van der Waals surface area contributed by atoms with Crippen LogP contribution in [0.3, 0.4) is 0 Å². The van der Waals surface area contributed by atoms with Crippen LogP contribution in [0.25, 0.3) is 0 Å². The summed E-state index contributed by atoms with van der Waals surface area (Å²) in [5.41, 5.74) is 0. The predicted octanol–water partition coefficient (Wildman–Crippen LogP) is 5.19. The molecule has 0 aliphatic heterocycles. The Labute approximate surface area is 218 Å². The van der Waals surface area contributed by atoms with E-state index < -0.39 is 24.0 Å². The van der Waals surface area contributed by atoms with Gasteiger partial charge >= 0.3 is 17.9 Å². The molecule has 218 valence electrons. The number of aliphatic hydroxyl groups is 3. The Balaban J connectivity index is -0.000000193. The number of carbonyl (C=O) groups is 3. The highest BCUT2D eigenvalue weighted by atomic mass is 16.4. The molecule has 0 aliphatic carbocycles. The third-order valence-electron chi connectivity index (χ3n) is 5.67. The van der Waals surface area contributed by atoms with Crippen LogP contribution in [-0.4, -0.2) is 67.9 Å². The lowest BCUT2D eigenvalue weighted by Crippen LogP contribution is -2.15. The molecule has 3 atom stereocenters. The lowest BCUT2D eigenvalue weighted by molar-refractivity contribution is -0.143. The molecule has 0 radical (unpaired) electrons. The zero-order valence-electron chi connectivity index (χ0n) is 23.6. The first kappa shape index (κ1) is 41.4. The Bertz CT molecular complexity index is 432. The van der Waals surface area contributed by atoms with Crippen LogP contribution in [0.1, 0.15) is 119 Å². The van der Waals surface area contributed by atoms with Crippen molar-refractivity contribution in [1.29, 1.82) is 0 Å². The molecule has 9 nitrogen and oxygen atoms in total. The summed E-state index contributed by atoms with van der Waals surface area (Å²) in [4.78, 5) is 31.3. The van der Waals surface area contributed by atoms with E-state index in [1.807, 2.05) is 20.8 Å². The molecular formula is C27H56O9. The molecule has 0 amide bonds. The lowest BCUT2D eigenvalue weighted by atomic mass is 10.00. The molecule has 0 aliphatic rings. The summed E-state index contributed by atoms with van der Waals surface area (Å²) in [6.45, 7) is 11.3. The van der Waals surface area contributed by atoms with Gasteiger partial charge in [0.1, 0.15) is 6.10 Å². The largest absolute Gasteiger partial charge is 0.481 e. The molecule has 0 saturated carbocycles. The molecule has 36 heavy (non-hydrogen) atoms. The molecule has 0 aromatic heterocycles. The molecular weight excluding hydrogens is 468 g/mol. The summed E-state index contributed by atoms with van der Waals surface area (Å²) in [7, 11) is 0. The normalized spacial score (nSPS) is 12.5. The Kier molecular flexibility index (Phi) is 36.0. The highest BCUT2D eigenvalue weighted by Gasteiger charge is 2.14. The van der Waals surface area contributed by atoms with E-state index in [2.05, 4.69) is 20.8 Å². The Morgan fingerprint density at radius 3 is 0.833 bits per heavy atom. The maximum atomic E-state index is 10.4. The average molecular weight is 525 g/mol. The second-order valence-electron chi connectivity index (χ2n) is 8.78. The van der Waals surface area contributed by atoms with Crippen molar-refractivity contribution in [2.24, 2.45) is 17.8 Å². The minimum atomic E-state index is -0.954. The van der Waals surface area contributed by atoms with E-state index in [-0.39, 0.29) is 31.0 Å². The van der Waals surface area contributed by atoms with Crippen molar-refractivity contribution in [3.05, 3.63) is 0 Å². The Morgan fingerprint density at radius 1 is 0.528 bits per heavy atom. The van der Waals surface area contributed by atoms with Crippen molar-refractivity contribution in [3.63, 3.8) is 0 Å². The number of carboxylic acid groups (broad SMARTS) is 3. The van der Waals surface area contributed by atoms with Crippen molar-refractivity contribution in [2.75, 3.05) is 13.2 Å². The second kappa shape index (κ2) is 31.3. The van der Waals surface area contributed by atoms with Crippen molar-refractivity contribution in [1.82, 2.24) is 0 Å². The summed E-state index contributed by atoms with van der Waals surface area (Å²) in [5.74, 6) is -2.26. The van der Waals surface area contributed by atoms with E-state index in [0.717, 1.165) is 77.0 Å². The van der Waals surface area contributed by atoms with E-state index in [9.17, 15) is 14.4 Å². The quantitative estimate of drug-likeness (QED) is 0.150. The molecule has 0 fully saturated rings. The first-order valence-corrected chi connectivity index (χ1v) is 13.5. The summed E-state index contributed by atoms with van der Waals surface area (Å²) in [6.07, 6.45) is 10.2. The van der Waals surface area contributed by atoms with Gasteiger partial charge in [-0.15, -0.1) is 0 Å². The molecule has 6 N–H and O–H groups in total. The molecule has 0 saturated heterocycles. The van der Waals surface area contributed by atoms with Crippen LogP contribution >= 0.6 is 0 Å². The minimum absolute atomic E-state index is 0.111. The van der Waals surface area contributed by atoms with Crippen LogP contribution in [0, 0.1) is 17.8 Å². The molecule has 3 unspecified atom stereocenters. The maximum absolute atomic E-state index is 10.4. The Morgan fingerprint density at radius 2 is 0.750 bits per heavy atom. The van der Waals surface area contributed by atoms with Crippen LogP contribution in [0.5, 0.6) is 0 Å². The van der Waals surface area contributed by atoms with Crippen molar-refractivity contribution in [2.45, 2.75) is 125 Å². The number of carboxylic acids is 3. The van der Waals surface area contributed by atoms with E-state index in [0.29, 0.717) is 0 Å². The smallest absolute Gasteiger partial charge is 0.306 e. The van der Waals surface area contributed by atoms with Gasteiger partial charge in [-0.2, -0.15) is 0 Å². The summed E-state index contributed by atoms with van der Waals surface area (Å²) >= 11 is 0. The molecule has 0 aromatic carbocycles. The molecule has 0 rings (SSSR count).